The minimum absolute atomic E-state index is 0.327. The van der Waals surface area contributed by atoms with Gasteiger partial charge in [-0.1, -0.05) is 13.8 Å². The number of hydrogen-bond acceptors (Lipinski definition) is 3. The molecule has 0 saturated heterocycles. The van der Waals surface area contributed by atoms with E-state index < -0.39 is 5.60 Å². The first-order chi connectivity index (χ1) is 8.13. The molecule has 0 aliphatic rings. The molecule has 17 heavy (non-hydrogen) atoms. The molecule has 3 nitrogen and oxygen atoms in total. The number of rotatable bonds is 7. The highest BCUT2D eigenvalue weighted by molar-refractivity contribution is 5.31. The monoisotopic (exact) mass is 238 g/mol. The molecule has 1 N–H and O–H groups in total. The van der Waals surface area contributed by atoms with E-state index in [1.54, 1.807) is 0 Å². The maximum absolute atomic E-state index is 10.1. The summed E-state index contributed by atoms with van der Waals surface area (Å²) in [4.78, 5) is 0. The van der Waals surface area contributed by atoms with Crippen molar-refractivity contribution in [3.63, 3.8) is 0 Å². The van der Waals surface area contributed by atoms with Crippen molar-refractivity contribution in [3.05, 3.63) is 24.3 Å². The highest BCUT2D eigenvalue weighted by Gasteiger charge is 2.22. The van der Waals surface area contributed by atoms with Crippen LogP contribution in [0, 0.1) is 0 Å². The molecule has 0 radical (unpaired) electrons. The zero-order valence-corrected chi connectivity index (χ0v) is 10.9. The van der Waals surface area contributed by atoms with Crippen LogP contribution in [-0.4, -0.2) is 23.9 Å². The van der Waals surface area contributed by atoms with E-state index in [0.29, 0.717) is 26.1 Å². The fraction of sp³-hybridized carbons (Fsp3) is 0.571. The number of hydrogen-bond donors (Lipinski definition) is 1. The molecule has 0 atom stereocenters. The summed E-state index contributed by atoms with van der Waals surface area (Å²) in [6.45, 7) is 6.86. The quantitative estimate of drug-likeness (QED) is 0.793. The molecule has 0 spiro atoms. The van der Waals surface area contributed by atoms with Crippen LogP contribution in [0.5, 0.6) is 11.5 Å². The Bertz CT molecular complexity index is 315. The van der Waals surface area contributed by atoms with E-state index in [4.69, 9.17) is 9.47 Å². The molecule has 0 fully saturated rings. The molecule has 1 aromatic rings. The predicted molar refractivity (Wildman–Crippen MR) is 68.6 cm³/mol. The van der Waals surface area contributed by atoms with Gasteiger partial charge in [-0.3, -0.25) is 0 Å². The molecule has 1 rings (SSSR count). The highest BCUT2D eigenvalue weighted by atomic mass is 16.5. The zero-order valence-electron chi connectivity index (χ0n) is 10.9. The van der Waals surface area contributed by atoms with E-state index in [1.807, 2.05) is 45.0 Å². The second kappa shape index (κ2) is 6.50. The first-order valence-corrected chi connectivity index (χ1v) is 6.21. The normalized spacial score (nSPS) is 11.3. The van der Waals surface area contributed by atoms with Gasteiger partial charge in [0.1, 0.15) is 18.1 Å². The summed E-state index contributed by atoms with van der Waals surface area (Å²) in [7, 11) is 0. The third-order valence-electron chi connectivity index (χ3n) is 2.96. The van der Waals surface area contributed by atoms with Gasteiger partial charge in [-0.15, -0.1) is 0 Å². The summed E-state index contributed by atoms with van der Waals surface area (Å²) in [6, 6.07) is 7.46. The Kier molecular flexibility index (Phi) is 5.29. The molecule has 0 aliphatic heterocycles. The molecule has 0 unspecified atom stereocenters. The van der Waals surface area contributed by atoms with Gasteiger partial charge in [-0.05, 0) is 44.0 Å². The van der Waals surface area contributed by atoms with Gasteiger partial charge in [0.2, 0.25) is 0 Å². The Balaban J connectivity index is 2.52. The molecule has 96 valence electrons. The van der Waals surface area contributed by atoms with E-state index in [1.165, 1.54) is 0 Å². The molecular weight excluding hydrogens is 216 g/mol. The van der Waals surface area contributed by atoms with Crippen molar-refractivity contribution >= 4 is 0 Å². The zero-order chi connectivity index (χ0) is 12.7. The molecule has 0 amide bonds. The van der Waals surface area contributed by atoms with E-state index in [2.05, 4.69) is 0 Å². The second-order valence-electron chi connectivity index (χ2n) is 4.12. The lowest BCUT2D eigenvalue weighted by atomic mass is 9.99. The van der Waals surface area contributed by atoms with E-state index in [9.17, 15) is 5.11 Å². The summed E-state index contributed by atoms with van der Waals surface area (Å²) in [5, 5.41) is 10.1. The lowest BCUT2D eigenvalue weighted by Crippen LogP contribution is -2.34. The van der Waals surface area contributed by atoms with Crippen molar-refractivity contribution in [3.8, 4) is 11.5 Å². The van der Waals surface area contributed by atoms with Crippen LogP contribution < -0.4 is 9.47 Å². The van der Waals surface area contributed by atoms with Crippen LogP contribution in [-0.2, 0) is 0 Å². The van der Waals surface area contributed by atoms with Crippen molar-refractivity contribution in [2.45, 2.75) is 39.2 Å². The molecule has 1 aromatic carbocycles. The molecule has 0 saturated carbocycles. The van der Waals surface area contributed by atoms with Gasteiger partial charge in [0.05, 0.1) is 12.2 Å². The molecule has 0 bridgehead atoms. The molecule has 3 heteroatoms. The fourth-order valence-electron chi connectivity index (χ4n) is 1.47. The SMILES string of the molecule is CCOc1ccc(OCC(O)(CC)CC)cc1. The van der Waals surface area contributed by atoms with Crippen LogP contribution >= 0.6 is 0 Å². The minimum atomic E-state index is -0.724. The first kappa shape index (κ1) is 13.8. The fourth-order valence-corrected chi connectivity index (χ4v) is 1.47. The van der Waals surface area contributed by atoms with Crippen molar-refractivity contribution < 1.29 is 14.6 Å². The molecule has 0 aliphatic carbocycles. The summed E-state index contributed by atoms with van der Waals surface area (Å²) in [6.07, 6.45) is 1.39. The van der Waals surface area contributed by atoms with Gasteiger partial charge >= 0.3 is 0 Å². The largest absolute Gasteiger partial charge is 0.494 e. The second-order valence-corrected chi connectivity index (χ2v) is 4.12. The van der Waals surface area contributed by atoms with E-state index in [-0.39, 0.29) is 0 Å². The average Bonchev–Trinajstić information content (AvgIpc) is 2.38. The Labute approximate surface area is 103 Å². The number of aliphatic hydroxyl groups is 1. The van der Waals surface area contributed by atoms with E-state index in [0.717, 1.165) is 11.5 Å². The third-order valence-corrected chi connectivity index (χ3v) is 2.96. The van der Waals surface area contributed by atoms with Gasteiger partial charge in [-0.2, -0.15) is 0 Å². The lowest BCUT2D eigenvalue weighted by molar-refractivity contribution is -0.0113. The summed E-state index contributed by atoms with van der Waals surface area (Å²) >= 11 is 0. The van der Waals surface area contributed by atoms with Crippen LogP contribution in [0.2, 0.25) is 0 Å². The van der Waals surface area contributed by atoms with Crippen molar-refractivity contribution in [2.75, 3.05) is 13.2 Å². The van der Waals surface area contributed by atoms with Crippen LogP contribution in [0.4, 0.5) is 0 Å². The smallest absolute Gasteiger partial charge is 0.119 e. The van der Waals surface area contributed by atoms with Crippen LogP contribution in [0.3, 0.4) is 0 Å². The van der Waals surface area contributed by atoms with Crippen molar-refractivity contribution in [2.24, 2.45) is 0 Å². The maximum atomic E-state index is 10.1. The lowest BCUT2D eigenvalue weighted by Gasteiger charge is -2.25. The molecule has 0 heterocycles. The van der Waals surface area contributed by atoms with Crippen LogP contribution in [0.25, 0.3) is 0 Å². The minimum Gasteiger partial charge on any atom is -0.494 e. The van der Waals surface area contributed by atoms with Crippen LogP contribution in [0.1, 0.15) is 33.6 Å². The Morgan fingerprint density at radius 1 is 0.941 bits per heavy atom. The van der Waals surface area contributed by atoms with Gasteiger partial charge in [0.15, 0.2) is 0 Å². The summed E-state index contributed by atoms with van der Waals surface area (Å²) < 4.78 is 10.9. The highest BCUT2D eigenvalue weighted by Crippen LogP contribution is 2.20. The average molecular weight is 238 g/mol. The summed E-state index contributed by atoms with van der Waals surface area (Å²) in [5.74, 6) is 1.59. The van der Waals surface area contributed by atoms with Gasteiger partial charge in [0.25, 0.3) is 0 Å². The van der Waals surface area contributed by atoms with Crippen LogP contribution in [0.15, 0.2) is 24.3 Å². The molecule has 0 aromatic heterocycles. The Morgan fingerprint density at radius 2 is 1.41 bits per heavy atom. The number of benzene rings is 1. The maximum Gasteiger partial charge on any atom is 0.119 e. The summed E-state index contributed by atoms with van der Waals surface area (Å²) in [5.41, 5.74) is -0.724. The predicted octanol–water partition coefficient (Wildman–Crippen LogP) is 3.02. The first-order valence-electron chi connectivity index (χ1n) is 6.21. The third kappa shape index (κ3) is 4.27. The topological polar surface area (TPSA) is 38.7 Å². The van der Waals surface area contributed by atoms with Gasteiger partial charge < -0.3 is 14.6 Å². The van der Waals surface area contributed by atoms with Crippen molar-refractivity contribution in [1.29, 1.82) is 0 Å². The van der Waals surface area contributed by atoms with E-state index >= 15 is 0 Å². The Morgan fingerprint density at radius 3 is 1.82 bits per heavy atom. The van der Waals surface area contributed by atoms with Crippen molar-refractivity contribution in [1.82, 2.24) is 0 Å². The van der Waals surface area contributed by atoms with Gasteiger partial charge in [-0.25, -0.2) is 0 Å². The van der Waals surface area contributed by atoms with Gasteiger partial charge in [0, 0.05) is 0 Å². The Hall–Kier alpha value is -1.22. The molecular formula is C14H22O3. The standard InChI is InChI=1S/C14H22O3/c1-4-14(15,5-2)11-17-13-9-7-12(8-10-13)16-6-3/h7-10,15H,4-6,11H2,1-3H3. The number of ether oxygens (including phenoxy) is 2.